The van der Waals surface area contributed by atoms with Crippen molar-refractivity contribution in [3.05, 3.63) is 46.8 Å². The molecule has 2 aromatic rings. The average Bonchev–Trinajstić information content (AvgIpc) is 3.14. The summed E-state index contributed by atoms with van der Waals surface area (Å²) in [5.74, 6) is -2.02. The summed E-state index contributed by atoms with van der Waals surface area (Å²) in [5.41, 5.74) is 2.47. The summed E-state index contributed by atoms with van der Waals surface area (Å²) in [7, 11) is 1.77. The lowest BCUT2D eigenvalue weighted by atomic mass is 9.98. The van der Waals surface area contributed by atoms with E-state index in [9.17, 15) is 19.8 Å². The lowest BCUT2D eigenvalue weighted by molar-refractivity contribution is -0.136. The summed E-state index contributed by atoms with van der Waals surface area (Å²) >= 11 is 1.12. The second-order valence-corrected chi connectivity index (χ2v) is 10.3. The predicted octanol–water partition coefficient (Wildman–Crippen LogP) is 7.45. The lowest BCUT2D eigenvalue weighted by Gasteiger charge is -2.17. The highest BCUT2D eigenvalue weighted by molar-refractivity contribution is 8.00. The molecule has 35 heavy (non-hydrogen) atoms. The van der Waals surface area contributed by atoms with Gasteiger partial charge in [0.15, 0.2) is 10.9 Å². The number of aromatic carboxylic acids is 1. The van der Waals surface area contributed by atoms with Crippen molar-refractivity contribution in [2.45, 2.75) is 108 Å². The van der Waals surface area contributed by atoms with Gasteiger partial charge in [-0.2, -0.15) is 0 Å². The van der Waals surface area contributed by atoms with Crippen LogP contribution in [0.5, 0.6) is 0 Å². The minimum absolute atomic E-state index is 0.0136. The van der Waals surface area contributed by atoms with Gasteiger partial charge in [0, 0.05) is 7.05 Å². The molecule has 0 aliphatic heterocycles. The Morgan fingerprint density at radius 1 is 0.886 bits per heavy atom. The number of carboxylic acids is 2. The van der Waals surface area contributed by atoms with Gasteiger partial charge in [-0.3, -0.25) is 4.79 Å². The Balaban J connectivity index is 2.01. The fourth-order valence-electron chi connectivity index (χ4n) is 4.48. The van der Waals surface area contributed by atoms with E-state index >= 15 is 0 Å². The average molecular weight is 503 g/mol. The third-order valence-electron chi connectivity index (χ3n) is 6.45. The van der Waals surface area contributed by atoms with Crippen molar-refractivity contribution in [1.29, 1.82) is 0 Å². The molecule has 0 aliphatic carbocycles. The number of aryl methyl sites for hydroxylation is 1. The van der Waals surface area contributed by atoms with Gasteiger partial charge < -0.3 is 14.8 Å². The number of aliphatic carboxylic acids is 1. The van der Waals surface area contributed by atoms with Gasteiger partial charge in [-0.05, 0) is 30.4 Å². The van der Waals surface area contributed by atoms with Gasteiger partial charge >= 0.3 is 11.9 Å². The van der Waals surface area contributed by atoms with E-state index in [1.807, 2.05) is 31.2 Å². The normalized spacial score (nSPS) is 12.1. The summed E-state index contributed by atoms with van der Waals surface area (Å²) in [6.07, 6.45) is 14.9. The molecule has 0 saturated carbocycles. The van der Waals surface area contributed by atoms with Crippen LogP contribution in [0.1, 0.15) is 117 Å². The highest BCUT2D eigenvalue weighted by Gasteiger charge is 2.28. The lowest BCUT2D eigenvalue weighted by Crippen LogP contribution is -2.12. The van der Waals surface area contributed by atoms with Crippen LogP contribution in [-0.2, 0) is 24.7 Å². The van der Waals surface area contributed by atoms with Gasteiger partial charge in [0.1, 0.15) is 5.25 Å². The number of carboxylic acid groups (broad SMARTS) is 2. The van der Waals surface area contributed by atoms with E-state index in [1.54, 1.807) is 11.6 Å². The Kier molecular flexibility index (Phi) is 13.0. The molecule has 194 valence electrons. The van der Waals surface area contributed by atoms with Crippen LogP contribution in [0.4, 0.5) is 0 Å². The number of hydrogen-bond donors (Lipinski definition) is 2. The Labute approximate surface area is 214 Å². The minimum Gasteiger partial charge on any atom is -0.480 e. The van der Waals surface area contributed by atoms with Gasteiger partial charge in [0.2, 0.25) is 0 Å². The van der Waals surface area contributed by atoms with E-state index in [4.69, 9.17) is 0 Å². The van der Waals surface area contributed by atoms with Crippen molar-refractivity contribution in [2.24, 2.45) is 7.05 Å². The maximum atomic E-state index is 12.3. The van der Waals surface area contributed by atoms with E-state index in [0.717, 1.165) is 48.6 Å². The van der Waals surface area contributed by atoms with E-state index in [2.05, 4.69) is 11.9 Å². The maximum absolute atomic E-state index is 12.3. The van der Waals surface area contributed by atoms with Gasteiger partial charge in [0.05, 0.1) is 5.69 Å². The van der Waals surface area contributed by atoms with Crippen molar-refractivity contribution in [2.75, 3.05) is 0 Å². The van der Waals surface area contributed by atoms with Gasteiger partial charge in [0.25, 0.3) is 0 Å². The number of thioether (sulfide) groups is 1. The third-order valence-corrected chi connectivity index (χ3v) is 7.71. The molecule has 0 fully saturated rings. The zero-order valence-corrected chi connectivity index (χ0v) is 22.4. The van der Waals surface area contributed by atoms with Gasteiger partial charge in [-0.1, -0.05) is 114 Å². The topological polar surface area (TPSA) is 92.4 Å². The van der Waals surface area contributed by atoms with Crippen molar-refractivity contribution >= 4 is 23.7 Å². The SMILES string of the molecule is CCCCCCCCCCCCc1ccccc1C(Sc1nc(C(=O)O)c(CCC)n1C)C(=O)O. The number of aromatic nitrogens is 2. The van der Waals surface area contributed by atoms with Crippen LogP contribution in [0.2, 0.25) is 0 Å². The van der Waals surface area contributed by atoms with Gasteiger partial charge in [-0.25, -0.2) is 9.78 Å². The molecule has 0 aliphatic rings. The summed E-state index contributed by atoms with van der Waals surface area (Å²) in [6.45, 7) is 4.22. The summed E-state index contributed by atoms with van der Waals surface area (Å²) < 4.78 is 1.73. The first-order valence-corrected chi connectivity index (χ1v) is 14.0. The van der Waals surface area contributed by atoms with E-state index < -0.39 is 17.2 Å². The number of rotatable bonds is 18. The van der Waals surface area contributed by atoms with Crippen LogP contribution in [0, 0.1) is 0 Å². The first-order valence-electron chi connectivity index (χ1n) is 13.2. The van der Waals surface area contributed by atoms with Crippen molar-refractivity contribution in [3.63, 3.8) is 0 Å². The monoisotopic (exact) mass is 502 g/mol. The number of imidazole rings is 1. The first kappa shape index (κ1) is 29.0. The standard InChI is InChI=1S/C28H42N2O4S/c1-4-6-7-8-9-10-11-12-13-14-18-21-19-15-16-20-22(21)25(27(33)34)35-28-29-24(26(31)32)23(17-5-2)30(28)3/h15-16,19-20,25H,4-14,17-18H2,1-3H3,(H,31,32)(H,33,34). The Hall–Kier alpha value is -2.28. The summed E-state index contributed by atoms with van der Waals surface area (Å²) in [6, 6.07) is 7.73. The summed E-state index contributed by atoms with van der Waals surface area (Å²) in [4.78, 5) is 28.3. The number of hydrogen-bond acceptors (Lipinski definition) is 4. The number of unbranched alkanes of at least 4 members (excludes halogenated alkanes) is 9. The van der Waals surface area contributed by atoms with Crippen LogP contribution >= 0.6 is 11.8 Å². The van der Waals surface area contributed by atoms with Crippen LogP contribution in [0.25, 0.3) is 0 Å². The number of carbonyl (C=O) groups is 2. The van der Waals surface area contributed by atoms with Crippen LogP contribution < -0.4 is 0 Å². The molecule has 2 rings (SSSR count). The second-order valence-electron chi connectivity index (χ2n) is 9.27. The van der Waals surface area contributed by atoms with Crippen molar-refractivity contribution in [1.82, 2.24) is 9.55 Å². The Morgan fingerprint density at radius 3 is 2.06 bits per heavy atom. The van der Waals surface area contributed by atoms with E-state index in [0.29, 0.717) is 17.3 Å². The molecular weight excluding hydrogens is 460 g/mol. The Morgan fingerprint density at radius 2 is 1.49 bits per heavy atom. The number of nitrogens with zero attached hydrogens (tertiary/aromatic N) is 2. The highest BCUT2D eigenvalue weighted by Crippen LogP contribution is 2.38. The summed E-state index contributed by atoms with van der Waals surface area (Å²) in [5, 5.41) is 19.2. The molecule has 0 bridgehead atoms. The molecule has 0 radical (unpaired) electrons. The quantitative estimate of drug-likeness (QED) is 0.162. The highest BCUT2D eigenvalue weighted by atomic mass is 32.2. The van der Waals surface area contributed by atoms with Gasteiger partial charge in [-0.15, -0.1) is 0 Å². The molecule has 1 atom stereocenters. The molecule has 1 aromatic heterocycles. The van der Waals surface area contributed by atoms with Crippen LogP contribution in [-0.4, -0.2) is 31.7 Å². The predicted molar refractivity (Wildman–Crippen MR) is 142 cm³/mol. The molecule has 0 spiro atoms. The van der Waals surface area contributed by atoms with E-state index in [1.165, 1.54) is 51.4 Å². The maximum Gasteiger partial charge on any atom is 0.356 e. The fourth-order valence-corrected chi connectivity index (χ4v) is 5.56. The molecule has 1 heterocycles. The molecule has 6 nitrogen and oxygen atoms in total. The van der Waals surface area contributed by atoms with E-state index in [-0.39, 0.29) is 5.69 Å². The molecule has 2 N–H and O–H groups in total. The molecule has 0 amide bonds. The Bertz CT molecular complexity index is 941. The molecular formula is C28H42N2O4S. The van der Waals surface area contributed by atoms with Crippen LogP contribution in [0.3, 0.4) is 0 Å². The second kappa shape index (κ2) is 15.7. The molecule has 0 saturated heterocycles. The number of benzene rings is 1. The smallest absolute Gasteiger partial charge is 0.356 e. The molecule has 7 heteroatoms. The zero-order chi connectivity index (χ0) is 25.6. The molecule has 1 aromatic carbocycles. The minimum atomic E-state index is -1.08. The molecule has 1 unspecified atom stereocenters. The zero-order valence-electron chi connectivity index (χ0n) is 21.6. The van der Waals surface area contributed by atoms with Crippen molar-refractivity contribution < 1.29 is 19.8 Å². The first-order chi connectivity index (χ1) is 16.9. The third kappa shape index (κ3) is 9.02. The van der Waals surface area contributed by atoms with Crippen molar-refractivity contribution in [3.8, 4) is 0 Å². The largest absolute Gasteiger partial charge is 0.480 e. The fraction of sp³-hybridized carbons (Fsp3) is 0.607. The van der Waals surface area contributed by atoms with Crippen LogP contribution in [0.15, 0.2) is 29.4 Å².